The Labute approximate surface area is 190 Å². The molecule has 0 aromatic carbocycles. The van der Waals surface area contributed by atoms with Crippen LogP contribution in [0.1, 0.15) is 58.8 Å². The minimum Gasteiger partial charge on any atom is -0.351 e. The lowest BCUT2D eigenvalue weighted by atomic mass is 9.90. The minimum absolute atomic E-state index is 0.0261. The van der Waals surface area contributed by atoms with Crippen LogP contribution < -0.4 is 20.9 Å². The van der Waals surface area contributed by atoms with E-state index in [-0.39, 0.29) is 30.4 Å². The van der Waals surface area contributed by atoms with Crippen molar-refractivity contribution >= 4 is 29.3 Å². The second kappa shape index (κ2) is 9.60. The van der Waals surface area contributed by atoms with Crippen LogP contribution in [0.15, 0.2) is 6.20 Å². The molecule has 2 atom stereocenters. The maximum atomic E-state index is 13.0. The van der Waals surface area contributed by atoms with Gasteiger partial charge >= 0.3 is 0 Å². The monoisotopic (exact) mass is 443 g/mol. The maximum absolute atomic E-state index is 13.0. The van der Waals surface area contributed by atoms with Gasteiger partial charge in [0.25, 0.3) is 0 Å². The molecule has 1 saturated heterocycles. The number of piperidine rings is 1. The Morgan fingerprint density at radius 1 is 1.25 bits per heavy atom. The van der Waals surface area contributed by atoms with Crippen molar-refractivity contribution in [3.8, 4) is 0 Å². The van der Waals surface area contributed by atoms with Crippen LogP contribution in [-0.4, -0.2) is 71.5 Å². The van der Waals surface area contributed by atoms with E-state index < -0.39 is 0 Å². The first-order valence-electron chi connectivity index (χ1n) is 12.1. The van der Waals surface area contributed by atoms with E-state index in [1.165, 1.54) is 12.8 Å². The number of carbonyl (C=O) groups excluding carboxylic acids is 2. The number of hydrogen-bond acceptors (Lipinski definition) is 7. The van der Waals surface area contributed by atoms with E-state index in [0.717, 1.165) is 56.7 Å². The third-order valence-corrected chi connectivity index (χ3v) is 7.54. The average Bonchev–Trinajstić information content (AvgIpc) is 3.35. The number of hydrogen-bond donors (Lipinski definition) is 2. The number of nitrogens with one attached hydrogen (secondary N) is 1. The standard InChI is InChI=1S/C23H37N7O2/c1-4-18-22(32)28(3)19-14-25-23(27-21(19)30(18)17-7-5-6-8-17)26-15(2)16-9-11-29(12-10-16)20(31)13-24/h14-18H,4-13,24H2,1-3H3,(H,25,26,27). The molecule has 0 radical (unpaired) electrons. The number of aromatic nitrogens is 2. The lowest BCUT2D eigenvalue weighted by Gasteiger charge is -2.43. The smallest absolute Gasteiger partial charge is 0.249 e. The lowest BCUT2D eigenvalue weighted by Crippen LogP contribution is -2.55. The Kier molecular flexibility index (Phi) is 6.83. The summed E-state index contributed by atoms with van der Waals surface area (Å²) < 4.78 is 0. The molecule has 3 aliphatic rings. The van der Waals surface area contributed by atoms with Crippen LogP contribution in [0, 0.1) is 5.92 Å². The number of anilines is 3. The summed E-state index contributed by atoms with van der Waals surface area (Å²) in [5.74, 6) is 2.08. The number of likely N-dealkylation sites (tertiary alicyclic amines) is 1. The molecule has 2 amide bonds. The number of nitrogens with zero attached hydrogens (tertiary/aromatic N) is 5. The summed E-state index contributed by atoms with van der Waals surface area (Å²) in [4.78, 5) is 40.2. The van der Waals surface area contributed by atoms with Crippen molar-refractivity contribution in [2.75, 3.05) is 41.8 Å². The molecule has 1 aromatic heterocycles. The highest BCUT2D eigenvalue weighted by molar-refractivity contribution is 6.04. The third-order valence-electron chi connectivity index (χ3n) is 7.54. The van der Waals surface area contributed by atoms with Gasteiger partial charge in [0.1, 0.15) is 11.7 Å². The van der Waals surface area contributed by atoms with E-state index in [0.29, 0.717) is 17.9 Å². The summed E-state index contributed by atoms with van der Waals surface area (Å²) in [6.45, 7) is 5.81. The van der Waals surface area contributed by atoms with E-state index in [1.54, 1.807) is 11.1 Å². The second-order valence-corrected chi connectivity index (χ2v) is 9.42. The molecule has 3 heterocycles. The largest absolute Gasteiger partial charge is 0.351 e. The molecule has 1 aliphatic carbocycles. The molecular formula is C23H37N7O2. The van der Waals surface area contributed by atoms with Crippen LogP contribution in [0.5, 0.6) is 0 Å². The van der Waals surface area contributed by atoms with Crippen LogP contribution in [0.4, 0.5) is 17.5 Å². The molecule has 0 spiro atoms. The molecule has 2 fully saturated rings. The molecule has 1 aromatic rings. The van der Waals surface area contributed by atoms with E-state index in [9.17, 15) is 9.59 Å². The van der Waals surface area contributed by atoms with Crippen molar-refractivity contribution in [3.63, 3.8) is 0 Å². The van der Waals surface area contributed by atoms with Crippen molar-refractivity contribution in [2.24, 2.45) is 11.7 Å². The van der Waals surface area contributed by atoms with Crippen LogP contribution >= 0.6 is 0 Å². The van der Waals surface area contributed by atoms with Gasteiger partial charge in [0, 0.05) is 32.2 Å². The fourth-order valence-electron chi connectivity index (χ4n) is 5.55. The molecule has 2 aliphatic heterocycles. The van der Waals surface area contributed by atoms with Gasteiger partial charge in [0.15, 0.2) is 5.82 Å². The molecule has 0 bridgehead atoms. The average molecular weight is 444 g/mol. The van der Waals surface area contributed by atoms with Gasteiger partial charge in [0.05, 0.1) is 12.7 Å². The number of fused-ring (bicyclic) bond motifs is 1. The molecule has 9 nitrogen and oxygen atoms in total. The van der Waals surface area contributed by atoms with Crippen molar-refractivity contribution in [2.45, 2.75) is 76.9 Å². The molecule has 32 heavy (non-hydrogen) atoms. The Bertz CT molecular complexity index is 834. The third kappa shape index (κ3) is 4.27. The summed E-state index contributed by atoms with van der Waals surface area (Å²) in [5, 5.41) is 3.51. The molecule has 2 unspecified atom stereocenters. The SMILES string of the molecule is CCC1C(=O)N(C)c2cnc(NC(C)C3CCN(C(=O)CN)CC3)nc2N1C1CCCC1. The molecule has 3 N–H and O–H groups in total. The van der Waals surface area contributed by atoms with Crippen LogP contribution in [-0.2, 0) is 9.59 Å². The quantitative estimate of drug-likeness (QED) is 0.692. The van der Waals surface area contributed by atoms with Crippen LogP contribution in [0.3, 0.4) is 0 Å². The number of rotatable bonds is 6. The van der Waals surface area contributed by atoms with Crippen molar-refractivity contribution < 1.29 is 9.59 Å². The van der Waals surface area contributed by atoms with Gasteiger partial charge < -0.3 is 25.8 Å². The van der Waals surface area contributed by atoms with Gasteiger partial charge in [-0.1, -0.05) is 19.8 Å². The Balaban J connectivity index is 1.51. The molecule has 4 rings (SSSR count). The predicted octanol–water partition coefficient (Wildman–Crippen LogP) is 1.98. The molecule has 9 heteroatoms. The van der Waals surface area contributed by atoms with Crippen molar-refractivity contribution in [1.29, 1.82) is 0 Å². The Hall–Kier alpha value is -2.42. The van der Waals surface area contributed by atoms with E-state index in [1.807, 2.05) is 11.9 Å². The van der Waals surface area contributed by atoms with Gasteiger partial charge in [0.2, 0.25) is 17.8 Å². The second-order valence-electron chi connectivity index (χ2n) is 9.42. The summed E-state index contributed by atoms with van der Waals surface area (Å²) in [6, 6.07) is 0.383. The lowest BCUT2D eigenvalue weighted by molar-refractivity contribution is -0.131. The topological polar surface area (TPSA) is 108 Å². The minimum atomic E-state index is -0.166. The molecular weight excluding hydrogens is 406 g/mol. The zero-order chi connectivity index (χ0) is 22.8. The fourth-order valence-corrected chi connectivity index (χ4v) is 5.55. The van der Waals surface area contributed by atoms with Gasteiger partial charge in [-0.3, -0.25) is 9.59 Å². The first-order chi connectivity index (χ1) is 15.4. The zero-order valence-corrected chi connectivity index (χ0v) is 19.6. The molecule has 1 saturated carbocycles. The number of amides is 2. The van der Waals surface area contributed by atoms with Crippen molar-refractivity contribution in [3.05, 3.63) is 6.20 Å². The van der Waals surface area contributed by atoms with Crippen LogP contribution in [0.25, 0.3) is 0 Å². The zero-order valence-electron chi connectivity index (χ0n) is 19.6. The highest BCUT2D eigenvalue weighted by atomic mass is 16.2. The van der Waals surface area contributed by atoms with Gasteiger partial charge in [-0.05, 0) is 44.9 Å². The summed E-state index contributed by atoms with van der Waals surface area (Å²) in [5.41, 5.74) is 6.29. The Morgan fingerprint density at radius 3 is 2.56 bits per heavy atom. The van der Waals surface area contributed by atoms with Crippen molar-refractivity contribution in [1.82, 2.24) is 14.9 Å². The van der Waals surface area contributed by atoms with E-state index in [4.69, 9.17) is 10.7 Å². The van der Waals surface area contributed by atoms with E-state index >= 15 is 0 Å². The molecule has 176 valence electrons. The fraction of sp³-hybridized carbons (Fsp3) is 0.739. The number of likely N-dealkylation sites (N-methyl/N-ethyl adjacent to an activating group) is 1. The van der Waals surface area contributed by atoms with Gasteiger partial charge in [-0.15, -0.1) is 0 Å². The van der Waals surface area contributed by atoms with E-state index in [2.05, 4.69) is 29.0 Å². The maximum Gasteiger partial charge on any atom is 0.249 e. The summed E-state index contributed by atoms with van der Waals surface area (Å²) in [6.07, 6.45) is 9.05. The summed E-state index contributed by atoms with van der Waals surface area (Å²) in [7, 11) is 1.82. The van der Waals surface area contributed by atoms with Crippen LogP contribution in [0.2, 0.25) is 0 Å². The highest BCUT2D eigenvalue weighted by Crippen LogP contribution is 2.40. The predicted molar refractivity (Wildman–Crippen MR) is 126 cm³/mol. The first-order valence-corrected chi connectivity index (χ1v) is 12.1. The number of nitrogens with two attached hydrogens (primary N) is 1. The normalized spacial score (nSPS) is 23.4. The Morgan fingerprint density at radius 2 is 1.94 bits per heavy atom. The highest BCUT2D eigenvalue weighted by Gasteiger charge is 2.41. The first kappa shape index (κ1) is 22.8. The van der Waals surface area contributed by atoms with Gasteiger partial charge in [-0.2, -0.15) is 4.98 Å². The van der Waals surface area contributed by atoms with Gasteiger partial charge in [-0.25, -0.2) is 4.98 Å². The summed E-state index contributed by atoms with van der Waals surface area (Å²) >= 11 is 0. The number of carbonyl (C=O) groups is 2.